The number of nitrogens with zero attached hydrogens (tertiary/aromatic N) is 2. The molecule has 0 N–H and O–H groups in total. The first-order chi connectivity index (χ1) is 14.4. The van der Waals surface area contributed by atoms with Gasteiger partial charge in [0.1, 0.15) is 0 Å². The molecule has 0 amide bonds. The molecule has 0 radical (unpaired) electrons. The molecule has 0 aliphatic carbocycles. The minimum absolute atomic E-state index is 0.238. The van der Waals surface area contributed by atoms with E-state index in [9.17, 15) is 8.42 Å². The highest BCUT2D eigenvalue weighted by Crippen LogP contribution is 2.33. The maximum absolute atomic E-state index is 13.0. The van der Waals surface area contributed by atoms with E-state index >= 15 is 0 Å². The van der Waals surface area contributed by atoms with Gasteiger partial charge < -0.3 is 4.90 Å². The Hall–Kier alpha value is -1.60. The summed E-state index contributed by atoms with van der Waals surface area (Å²) in [5, 5.41) is 3.20. The van der Waals surface area contributed by atoms with E-state index in [-0.39, 0.29) is 9.92 Å². The van der Waals surface area contributed by atoms with E-state index < -0.39 is 15.1 Å². The van der Waals surface area contributed by atoms with E-state index in [0.717, 1.165) is 22.8 Å². The lowest BCUT2D eigenvalue weighted by atomic mass is 10.1. The van der Waals surface area contributed by atoms with Crippen LogP contribution >= 0.6 is 34.5 Å². The molecule has 4 rings (SSSR count). The normalized spacial score (nSPS) is 15.5. The molecule has 1 aliphatic rings. The van der Waals surface area contributed by atoms with Gasteiger partial charge in [0.05, 0.1) is 25.9 Å². The third-order valence-electron chi connectivity index (χ3n) is 5.52. The number of anilines is 1. The lowest BCUT2D eigenvalue weighted by Crippen LogP contribution is -2.39. The van der Waals surface area contributed by atoms with Gasteiger partial charge in [-0.15, -0.1) is 11.3 Å². The predicted molar refractivity (Wildman–Crippen MR) is 126 cm³/mol. The number of thiazole rings is 1. The van der Waals surface area contributed by atoms with Crippen molar-refractivity contribution in [3.63, 3.8) is 0 Å². The molecular formula is C22H22Cl2N2O2S2. The fraction of sp³-hybridized carbons (Fsp3) is 0.318. The lowest BCUT2D eigenvalue weighted by Gasteiger charge is -2.31. The fourth-order valence-electron chi connectivity index (χ4n) is 3.66. The molecule has 0 spiro atoms. The predicted octanol–water partition coefficient (Wildman–Crippen LogP) is 6.12. The summed E-state index contributed by atoms with van der Waals surface area (Å²) in [6, 6.07) is 13.0. The largest absolute Gasteiger partial charge is 0.348 e. The summed E-state index contributed by atoms with van der Waals surface area (Å²) < 4.78 is 26.0. The monoisotopic (exact) mass is 480 g/mol. The zero-order valence-corrected chi connectivity index (χ0v) is 19.7. The van der Waals surface area contributed by atoms with Gasteiger partial charge in [0.15, 0.2) is 15.0 Å². The van der Waals surface area contributed by atoms with Crippen molar-refractivity contribution in [3.8, 4) is 11.3 Å². The standard InChI is InChI=1S/C22H22Cl2N2O2S2/c1-2-15-3-5-16(6-4-15)21-14-29-22(25-21)26-11-9-17(10-12-26)30(27,28)18-7-8-19(23)20(24)13-18/h3-8,13-14,17H,2,9-12H2,1H3. The number of aromatic nitrogens is 1. The molecule has 0 bridgehead atoms. The van der Waals surface area contributed by atoms with E-state index in [1.165, 1.54) is 23.8 Å². The molecule has 1 aliphatic heterocycles. The average Bonchev–Trinajstić information content (AvgIpc) is 3.26. The van der Waals surface area contributed by atoms with Crippen molar-refractivity contribution in [2.24, 2.45) is 0 Å². The molecule has 1 fully saturated rings. The number of rotatable bonds is 5. The van der Waals surface area contributed by atoms with E-state index in [4.69, 9.17) is 28.2 Å². The van der Waals surface area contributed by atoms with Crippen molar-refractivity contribution >= 4 is 49.5 Å². The Balaban J connectivity index is 1.44. The van der Waals surface area contributed by atoms with Crippen LogP contribution < -0.4 is 4.90 Å². The number of hydrogen-bond acceptors (Lipinski definition) is 5. The molecule has 158 valence electrons. The number of sulfone groups is 1. The number of benzene rings is 2. The molecular weight excluding hydrogens is 459 g/mol. The van der Waals surface area contributed by atoms with E-state index in [1.807, 2.05) is 0 Å². The minimum Gasteiger partial charge on any atom is -0.348 e. The first-order valence-electron chi connectivity index (χ1n) is 9.87. The molecule has 0 saturated carbocycles. The van der Waals surface area contributed by atoms with Crippen LogP contribution in [0.2, 0.25) is 10.0 Å². The van der Waals surface area contributed by atoms with Crippen LogP contribution in [0.1, 0.15) is 25.3 Å². The second-order valence-corrected chi connectivity index (χ2v) is 11.3. The third-order valence-corrected chi connectivity index (χ3v) is 9.42. The summed E-state index contributed by atoms with van der Waals surface area (Å²) in [5.41, 5.74) is 3.37. The third kappa shape index (κ3) is 4.37. The van der Waals surface area contributed by atoms with Gasteiger partial charge >= 0.3 is 0 Å². The van der Waals surface area contributed by atoms with Crippen LogP contribution in [-0.4, -0.2) is 31.7 Å². The van der Waals surface area contributed by atoms with Crippen LogP contribution in [0.4, 0.5) is 5.13 Å². The van der Waals surface area contributed by atoms with Gasteiger partial charge in [-0.1, -0.05) is 54.4 Å². The molecule has 2 aromatic carbocycles. The summed E-state index contributed by atoms with van der Waals surface area (Å²) in [5.74, 6) is 0. The van der Waals surface area contributed by atoms with Crippen molar-refractivity contribution in [2.75, 3.05) is 18.0 Å². The molecule has 4 nitrogen and oxygen atoms in total. The van der Waals surface area contributed by atoms with Crippen LogP contribution in [0.5, 0.6) is 0 Å². The van der Waals surface area contributed by atoms with Crippen molar-refractivity contribution in [1.29, 1.82) is 0 Å². The molecule has 0 unspecified atom stereocenters. The Morgan fingerprint density at radius 2 is 1.77 bits per heavy atom. The molecule has 1 saturated heterocycles. The SMILES string of the molecule is CCc1ccc(-c2csc(N3CCC(S(=O)(=O)c4ccc(Cl)c(Cl)c4)CC3)n2)cc1. The van der Waals surface area contributed by atoms with Crippen LogP contribution in [0, 0.1) is 0 Å². The quantitative estimate of drug-likeness (QED) is 0.441. The first kappa shape index (κ1) is 21.6. The molecule has 2 heterocycles. The van der Waals surface area contributed by atoms with E-state index in [0.29, 0.717) is 31.0 Å². The average molecular weight is 481 g/mol. The Kier molecular flexibility index (Phi) is 6.39. The summed E-state index contributed by atoms with van der Waals surface area (Å²) >= 11 is 13.5. The second kappa shape index (κ2) is 8.87. The topological polar surface area (TPSA) is 50.3 Å². The highest BCUT2D eigenvalue weighted by Gasteiger charge is 2.32. The summed E-state index contributed by atoms with van der Waals surface area (Å²) in [6.45, 7) is 3.46. The zero-order chi connectivity index (χ0) is 21.3. The molecule has 30 heavy (non-hydrogen) atoms. The number of halogens is 2. The van der Waals surface area contributed by atoms with Crippen LogP contribution in [0.25, 0.3) is 11.3 Å². The van der Waals surface area contributed by atoms with Crippen molar-refractivity contribution < 1.29 is 8.42 Å². The van der Waals surface area contributed by atoms with Gasteiger partial charge in [0.25, 0.3) is 0 Å². The van der Waals surface area contributed by atoms with E-state index in [1.54, 1.807) is 11.3 Å². The Morgan fingerprint density at radius 1 is 1.07 bits per heavy atom. The Morgan fingerprint density at radius 3 is 2.40 bits per heavy atom. The number of piperidine rings is 1. The first-order valence-corrected chi connectivity index (χ1v) is 13.1. The highest BCUT2D eigenvalue weighted by atomic mass is 35.5. The molecule has 8 heteroatoms. The lowest BCUT2D eigenvalue weighted by molar-refractivity contribution is 0.529. The van der Waals surface area contributed by atoms with Crippen molar-refractivity contribution in [2.45, 2.75) is 36.3 Å². The highest BCUT2D eigenvalue weighted by molar-refractivity contribution is 7.92. The van der Waals surface area contributed by atoms with Gasteiger partial charge in [-0.2, -0.15) is 0 Å². The van der Waals surface area contributed by atoms with Crippen LogP contribution in [0.3, 0.4) is 0 Å². The van der Waals surface area contributed by atoms with Crippen LogP contribution in [0.15, 0.2) is 52.7 Å². The Labute approximate surface area is 191 Å². The minimum atomic E-state index is -3.44. The molecule has 3 aromatic rings. The summed E-state index contributed by atoms with van der Waals surface area (Å²) in [7, 11) is -3.44. The second-order valence-electron chi connectivity index (χ2n) is 7.37. The van der Waals surface area contributed by atoms with Gasteiger partial charge in [-0.05, 0) is 43.0 Å². The molecule has 0 atom stereocenters. The van der Waals surface area contributed by atoms with Gasteiger partial charge in [0, 0.05) is 24.0 Å². The van der Waals surface area contributed by atoms with Crippen LogP contribution in [-0.2, 0) is 16.3 Å². The van der Waals surface area contributed by atoms with Gasteiger partial charge in [0.2, 0.25) is 0 Å². The zero-order valence-electron chi connectivity index (χ0n) is 16.5. The smallest absolute Gasteiger partial charge is 0.185 e. The maximum Gasteiger partial charge on any atom is 0.185 e. The van der Waals surface area contributed by atoms with Crippen molar-refractivity contribution in [3.05, 3.63) is 63.5 Å². The summed E-state index contributed by atoms with van der Waals surface area (Å²) in [4.78, 5) is 7.20. The summed E-state index contributed by atoms with van der Waals surface area (Å²) in [6.07, 6.45) is 2.13. The fourth-order valence-corrected chi connectivity index (χ4v) is 6.66. The molecule has 1 aromatic heterocycles. The number of hydrogen-bond donors (Lipinski definition) is 0. The van der Waals surface area contributed by atoms with Gasteiger partial charge in [-0.25, -0.2) is 13.4 Å². The maximum atomic E-state index is 13.0. The number of aryl methyl sites for hydroxylation is 1. The Bertz CT molecular complexity index is 1140. The van der Waals surface area contributed by atoms with Crippen molar-refractivity contribution in [1.82, 2.24) is 4.98 Å². The van der Waals surface area contributed by atoms with E-state index in [2.05, 4.69) is 41.5 Å². The van der Waals surface area contributed by atoms with Gasteiger partial charge in [-0.3, -0.25) is 0 Å².